The van der Waals surface area contributed by atoms with E-state index in [0.29, 0.717) is 19.7 Å². The highest BCUT2D eigenvalue weighted by atomic mass is 16.5. The number of aromatic nitrogens is 2. The van der Waals surface area contributed by atoms with Crippen molar-refractivity contribution in [2.75, 3.05) is 19.7 Å². The second-order valence-electron chi connectivity index (χ2n) is 3.35. The first-order chi connectivity index (χ1) is 7.72. The van der Waals surface area contributed by atoms with E-state index in [2.05, 4.69) is 15.7 Å². The maximum Gasteiger partial charge on any atom is 0.407 e. The highest BCUT2D eigenvalue weighted by Crippen LogP contribution is 1.93. The molecule has 0 fully saturated rings. The molecule has 0 bridgehead atoms. The maximum absolute atomic E-state index is 10.9. The van der Waals surface area contributed by atoms with Gasteiger partial charge in [-0.15, -0.1) is 0 Å². The van der Waals surface area contributed by atoms with Crippen molar-refractivity contribution >= 4 is 6.09 Å². The van der Waals surface area contributed by atoms with E-state index in [0.717, 1.165) is 12.1 Å². The van der Waals surface area contributed by atoms with Gasteiger partial charge in [0.25, 0.3) is 0 Å². The van der Waals surface area contributed by atoms with Gasteiger partial charge in [0, 0.05) is 38.4 Å². The van der Waals surface area contributed by atoms with Crippen LogP contribution in [-0.4, -0.2) is 35.6 Å². The Bertz CT molecular complexity index is 324. The molecule has 0 saturated carbocycles. The lowest BCUT2D eigenvalue weighted by molar-refractivity contribution is 0.152. The van der Waals surface area contributed by atoms with Crippen molar-refractivity contribution in [1.82, 2.24) is 20.4 Å². The van der Waals surface area contributed by atoms with E-state index in [9.17, 15) is 4.79 Å². The van der Waals surface area contributed by atoms with Gasteiger partial charge in [-0.1, -0.05) is 0 Å². The Morgan fingerprint density at radius 2 is 2.38 bits per heavy atom. The summed E-state index contributed by atoms with van der Waals surface area (Å²) in [4.78, 5) is 10.9. The number of hydrogen-bond donors (Lipinski definition) is 2. The van der Waals surface area contributed by atoms with E-state index in [1.165, 1.54) is 0 Å². The lowest BCUT2D eigenvalue weighted by Crippen LogP contribution is -2.31. The predicted molar refractivity (Wildman–Crippen MR) is 59.9 cm³/mol. The van der Waals surface area contributed by atoms with Crippen LogP contribution in [0.15, 0.2) is 12.4 Å². The van der Waals surface area contributed by atoms with Crippen LogP contribution in [0.3, 0.4) is 0 Å². The standard InChI is InChI=1S/C10H18N4O2/c1-3-16-10(15)12-5-4-11-6-9-7-13-14(2)8-9/h7-8,11H,3-6H2,1-2H3,(H,12,15). The third-order valence-electron chi connectivity index (χ3n) is 1.93. The topological polar surface area (TPSA) is 68.2 Å². The molecule has 1 heterocycles. The van der Waals surface area contributed by atoms with Crippen LogP contribution in [-0.2, 0) is 18.3 Å². The Balaban J connectivity index is 2.02. The summed E-state index contributed by atoms with van der Waals surface area (Å²) in [6, 6.07) is 0. The Labute approximate surface area is 95.0 Å². The third kappa shape index (κ3) is 4.79. The summed E-state index contributed by atoms with van der Waals surface area (Å²) < 4.78 is 6.48. The van der Waals surface area contributed by atoms with Gasteiger partial charge in [0.1, 0.15) is 0 Å². The minimum atomic E-state index is -0.370. The molecule has 0 spiro atoms. The molecule has 1 rings (SSSR count). The number of carbonyl (C=O) groups is 1. The Hall–Kier alpha value is -1.56. The van der Waals surface area contributed by atoms with E-state index in [-0.39, 0.29) is 6.09 Å². The SMILES string of the molecule is CCOC(=O)NCCNCc1cnn(C)c1. The van der Waals surface area contributed by atoms with Gasteiger partial charge in [-0.3, -0.25) is 4.68 Å². The predicted octanol–water partition coefficient (Wildman–Crippen LogP) is 0.256. The number of nitrogens with zero attached hydrogens (tertiary/aromatic N) is 2. The summed E-state index contributed by atoms with van der Waals surface area (Å²) in [7, 11) is 1.88. The van der Waals surface area contributed by atoms with Crippen LogP contribution in [0.4, 0.5) is 4.79 Å². The normalized spacial score (nSPS) is 10.1. The molecule has 90 valence electrons. The molecule has 6 nitrogen and oxygen atoms in total. The summed E-state index contributed by atoms with van der Waals surface area (Å²) in [6.45, 7) is 4.18. The van der Waals surface area contributed by atoms with Crippen molar-refractivity contribution in [3.05, 3.63) is 18.0 Å². The molecular formula is C10H18N4O2. The second kappa shape index (κ2) is 6.84. The highest BCUT2D eigenvalue weighted by Gasteiger charge is 1.98. The molecule has 16 heavy (non-hydrogen) atoms. The molecule has 1 amide bonds. The van der Waals surface area contributed by atoms with Gasteiger partial charge >= 0.3 is 6.09 Å². The molecule has 0 radical (unpaired) electrons. The quantitative estimate of drug-likeness (QED) is 0.683. The van der Waals surface area contributed by atoms with Crippen molar-refractivity contribution in [3.8, 4) is 0 Å². The third-order valence-corrected chi connectivity index (χ3v) is 1.93. The molecule has 0 aliphatic rings. The van der Waals surface area contributed by atoms with E-state index in [1.54, 1.807) is 11.6 Å². The summed E-state index contributed by atoms with van der Waals surface area (Å²) in [5, 5.41) is 9.87. The van der Waals surface area contributed by atoms with E-state index in [4.69, 9.17) is 4.74 Å². The zero-order valence-electron chi connectivity index (χ0n) is 9.69. The van der Waals surface area contributed by atoms with Crippen LogP contribution < -0.4 is 10.6 Å². The fourth-order valence-electron chi connectivity index (χ4n) is 1.23. The van der Waals surface area contributed by atoms with Crippen LogP contribution in [0, 0.1) is 0 Å². The van der Waals surface area contributed by atoms with Crippen molar-refractivity contribution < 1.29 is 9.53 Å². The maximum atomic E-state index is 10.9. The minimum absolute atomic E-state index is 0.370. The van der Waals surface area contributed by atoms with Gasteiger partial charge in [-0.25, -0.2) is 4.79 Å². The number of ether oxygens (including phenoxy) is 1. The molecule has 1 aromatic heterocycles. The van der Waals surface area contributed by atoms with Gasteiger partial charge < -0.3 is 15.4 Å². The molecule has 0 aromatic carbocycles. The fraction of sp³-hybridized carbons (Fsp3) is 0.600. The van der Waals surface area contributed by atoms with Crippen molar-refractivity contribution in [1.29, 1.82) is 0 Å². The Morgan fingerprint density at radius 1 is 1.56 bits per heavy atom. The monoisotopic (exact) mass is 226 g/mol. The zero-order valence-corrected chi connectivity index (χ0v) is 9.69. The van der Waals surface area contributed by atoms with Gasteiger partial charge in [-0.2, -0.15) is 5.10 Å². The van der Waals surface area contributed by atoms with Gasteiger partial charge in [-0.05, 0) is 6.92 Å². The average molecular weight is 226 g/mol. The van der Waals surface area contributed by atoms with E-state index < -0.39 is 0 Å². The van der Waals surface area contributed by atoms with E-state index >= 15 is 0 Å². The van der Waals surface area contributed by atoms with Crippen molar-refractivity contribution in [2.24, 2.45) is 7.05 Å². The molecule has 0 aliphatic carbocycles. The lowest BCUT2D eigenvalue weighted by atomic mass is 10.3. The number of alkyl carbamates (subject to hydrolysis) is 1. The number of carbonyl (C=O) groups excluding carboxylic acids is 1. The van der Waals surface area contributed by atoms with Gasteiger partial charge in [0.2, 0.25) is 0 Å². The largest absolute Gasteiger partial charge is 0.450 e. The smallest absolute Gasteiger partial charge is 0.407 e. The molecule has 0 unspecified atom stereocenters. The van der Waals surface area contributed by atoms with Crippen LogP contribution in [0.25, 0.3) is 0 Å². The average Bonchev–Trinajstić information content (AvgIpc) is 2.64. The molecule has 6 heteroatoms. The van der Waals surface area contributed by atoms with Crippen LogP contribution in [0.1, 0.15) is 12.5 Å². The van der Waals surface area contributed by atoms with Crippen LogP contribution in [0.2, 0.25) is 0 Å². The minimum Gasteiger partial charge on any atom is -0.450 e. The first-order valence-corrected chi connectivity index (χ1v) is 5.31. The molecule has 0 aliphatic heterocycles. The Morgan fingerprint density at radius 3 is 3.00 bits per heavy atom. The van der Waals surface area contributed by atoms with Crippen molar-refractivity contribution in [2.45, 2.75) is 13.5 Å². The molecular weight excluding hydrogens is 208 g/mol. The van der Waals surface area contributed by atoms with Gasteiger partial charge in [0.05, 0.1) is 12.8 Å². The van der Waals surface area contributed by atoms with Crippen molar-refractivity contribution in [3.63, 3.8) is 0 Å². The Kier molecular flexibility index (Phi) is 5.35. The summed E-state index contributed by atoms with van der Waals surface area (Å²) in [6.07, 6.45) is 3.39. The molecule has 0 atom stereocenters. The zero-order chi connectivity index (χ0) is 11.8. The highest BCUT2D eigenvalue weighted by molar-refractivity contribution is 5.66. The van der Waals surface area contributed by atoms with Crippen LogP contribution >= 0.6 is 0 Å². The number of hydrogen-bond acceptors (Lipinski definition) is 4. The summed E-state index contributed by atoms with van der Waals surface area (Å²) in [5.41, 5.74) is 1.12. The fourth-order valence-corrected chi connectivity index (χ4v) is 1.23. The lowest BCUT2D eigenvalue weighted by Gasteiger charge is -2.05. The van der Waals surface area contributed by atoms with E-state index in [1.807, 2.05) is 19.4 Å². The second-order valence-corrected chi connectivity index (χ2v) is 3.35. The molecule has 0 saturated heterocycles. The van der Waals surface area contributed by atoms with Gasteiger partial charge in [0.15, 0.2) is 0 Å². The number of rotatable bonds is 6. The van der Waals surface area contributed by atoms with Crippen LogP contribution in [0.5, 0.6) is 0 Å². The number of amides is 1. The summed E-state index contributed by atoms with van der Waals surface area (Å²) >= 11 is 0. The number of aryl methyl sites for hydroxylation is 1. The molecule has 1 aromatic rings. The first kappa shape index (κ1) is 12.5. The first-order valence-electron chi connectivity index (χ1n) is 5.31. The number of nitrogens with one attached hydrogen (secondary N) is 2. The molecule has 2 N–H and O–H groups in total. The summed E-state index contributed by atoms with van der Waals surface area (Å²) in [5.74, 6) is 0.